The number of likely N-dealkylation sites (N-methyl/N-ethyl adjacent to an activating group) is 1. The molecule has 1 atom stereocenters. The topological polar surface area (TPSA) is 106 Å². The molecule has 3 aromatic rings. The molecule has 0 radical (unpaired) electrons. The molecule has 0 saturated carbocycles. The van der Waals surface area contributed by atoms with Crippen LogP contribution in [0.2, 0.25) is 0 Å². The normalized spacial score (nSPS) is 15.7. The summed E-state index contributed by atoms with van der Waals surface area (Å²) in [6.45, 7) is 9.21. The number of nitrogens with zero attached hydrogens (tertiary/aromatic N) is 2. The minimum atomic E-state index is -4.03. The number of rotatable bonds is 10. The summed E-state index contributed by atoms with van der Waals surface area (Å²) in [5.41, 5.74) is 2.77. The highest BCUT2D eigenvalue weighted by atomic mass is 31.2. The molecule has 3 heterocycles. The lowest BCUT2D eigenvalue weighted by Crippen LogP contribution is -2.14. The predicted octanol–water partition coefficient (Wildman–Crippen LogP) is 4.85. The molecule has 0 saturated heterocycles. The fourth-order valence-corrected chi connectivity index (χ4v) is 5.28. The second-order valence-corrected chi connectivity index (χ2v) is 10.5. The van der Waals surface area contributed by atoms with Crippen molar-refractivity contribution < 1.29 is 31.9 Å². The van der Waals surface area contributed by atoms with E-state index in [0.29, 0.717) is 17.0 Å². The van der Waals surface area contributed by atoms with Crippen LogP contribution in [0.1, 0.15) is 29.6 Å². The minimum Gasteiger partial charge on any atom is -0.428 e. The largest absolute Gasteiger partial charge is 0.519 e. The third-order valence-electron chi connectivity index (χ3n) is 5.57. The second kappa shape index (κ2) is 9.91. The van der Waals surface area contributed by atoms with E-state index in [1.807, 2.05) is 39.2 Å². The molecule has 35 heavy (non-hydrogen) atoms. The van der Waals surface area contributed by atoms with E-state index < -0.39 is 13.6 Å². The molecule has 1 aromatic carbocycles. The minimum absolute atomic E-state index is 0.112. The highest BCUT2D eigenvalue weighted by Crippen LogP contribution is 2.53. The van der Waals surface area contributed by atoms with Gasteiger partial charge < -0.3 is 23.2 Å². The zero-order valence-corrected chi connectivity index (χ0v) is 21.3. The molecule has 11 heteroatoms. The van der Waals surface area contributed by atoms with Crippen molar-refractivity contribution in [1.82, 2.24) is 9.24 Å². The number of benzene rings is 1. The van der Waals surface area contributed by atoms with E-state index in [4.69, 9.17) is 27.4 Å². The van der Waals surface area contributed by atoms with Crippen molar-refractivity contribution in [1.29, 1.82) is 0 Å². The van der Waals surface area contributed by atoms with Crippen molar-refractivity contribution in [2.75, 3.05) is 27.2 Å². The maximum absolute atomic E-state index is 14.3. The van der Waals surface area contributed by atoms with E-state index in [1.54, 1.807) is 20.0 Å². The Morgan fingerprint density at radius 1 is 1.09 bits per heavy atom. The van der Waals surface area contributed by atoms with Crippen LogP contribution in [-0.2, 0) is 36.1 Å². The lowest BCUT2D eigenvalue weighted by molar-refractivity contribution is 0.146. The van der Waals surface area contributed by atoms with Crippen molar-refractivity contribution in [2.45, 2.75) is 33.8 Å². The van der Waals surface area contributed by atoms with Gasteiger partial charge in [-0.15, -0.1) is 0 Å². The van der Waals surface area contributed by atoms with Crippen LogP contribution in [0.4, 0.5) is 0 Å². The number of ether oxygens (including phenoxy) is 2. The molecule has 0 bridgehead atoms. The molecule has 0 N–H and O–H groups in total. The monoisotopic (exact) mass is 504 g/mol. The van der Waals surface area contributed by atoms with Crippen LogP contribution in [0.3, 0.4) is 0 Å². The molecular weight excluding hydrogens is 475 g/mol. The van der Waals surface area contributed by atoms with E-state index in [2.05, 4.69) is 11.5 Å². The Morgan fingerprint density at radius 2 is 1.83 bits per heavy atom. The van der Waals surface area contributed by atoms with E-state index in [9.17, 15) is 9.36 Å². The maximum Gasteiger partial charge on any atom is 0.519 e. The van der Waals surface area contributed by atoms with Crippen LogP contribution in [0, 0.1) is 13.8 Å². The molecule has 1 aliphatic rings. The zero-order chi connectivity index (χ0) is 25.3. The van der Waals surface area contributed by atoms with Crippen molar-refractivity contribution in [3.8, 4) is 0 Å². The van der Waals surface area contributed by atoms with Gasteiger partial charge in [-0.25, -0.2) is 9.36 Å². The molecule has 0 fully saturated rings. The van der Waals surface area contributed by atoms with Crippen molar-refractivity contribution in [3.05, 3.63) is 81.7 Å². The van der Waals surface area contributed by atoms with Gasteiger partial charge in [0.25, 0.3) is 5.95 Å². The summed E-state index contributed by atoms with van der Waals surface area (Å²) in [6, 6.07) is 5.86. The molecule has 0 aliphatic carbocycles. The van der Waals surface area contributed by atoms with Gasteiger partial charge in [-0.3, -0.25) is 13.4 Å². The third kappa shape index (κ3) is 5.46. The summed E-state index contributed by atoms with van der Waals surface area (Å²) < 4.78 is 48.2. The molecule has 0 amide bonds. The third-order valence-corrected chi connectivity index (χ3v) is 7.33. The molecule has 4 rings (SSSR count). The van der Waals surface area contributed by atoms with Crippen LogP contribution in [0.25, 0.3) is 10.9 Å². The highest BCUT2D eigenvalue weighted by molar-refractivity contribution is 7.52. The predicted molar refractivity (Wildman–Crippen MR) is 129 cm³/mol. The van der Waals surface area contributed by atoms with Gasteiger partial charge in [-0.2, -0.15) is 0 Å². The Bertz CT molecular complexity index is 1390. The molecule has 0 spiro atoms. The van der Waals surface area contributed by atoms with Gasteiger partial charge in [0.2, 0.25) is 0 Å². The Balaban J connectivity index is 1.73. The van der Waals surface area contributed by atoms with E-state index in [0.717, 1.165) is 29.5 Å². The number of allylic oxidation sites excluding steroid dienone is 1. The zero-order valence-electron chi connectivity index (χ0n) is 20.5. The summed E-state index contributed by atoms with van der Waals surface area (Å²) in [6.07, 6.45) is 2.52. The number of aromatic nitrogens is 1. The van der Waals surface area contributed by atoms with Gasteiger partial charge in [-0.05, 0) is 65.6 Å². The van der Waals surface area contributed by atoms with Crippen LogP contribution in [0.15, 0.2) is 62.1 Å². The first-order valence-corrected chi connectivity index (χ1v) is 12.5. The van der Waals surface area contributed by atoms with Gasteiger partial charge in [0.15, 0.2) is 11.5 Å². The fourth-order valence-electron chi connectivity index (χ4n) is 3.68. The molecule has 1 unspecified atom stereocenters. The van der Waals surface area contributed by atoms with E-state index >= 15 is 0 Å². The summed E-state index contributed by atoms with van der Waals surface area (Å²) in [5, 5.41) is 0.953. The number of hydrogen-bond donors (Lipinski definition) is 0. The Hall–Kier alpha value is -3.04. The van der Waals surface area contributed by atoms with Gasteiger partial charge in [0.05, 0.1) is 5.52 Å². The van der Waals surface area contributed by atoms with Gasteiger partial charge in [0, 0.05) is 18.1 Å². The lowest BCUT2D eigenvalue weighted by atomic mass is 10.1. The van der Waals surface area contributed by atoms with Crippen molar-refractivity contribution in [2.24, 2.45) is 0 Å². The Kier molecular flexibility index (Phi) is 7.10. The average Bonchev–Trinajstić information content (AvgIpc) is 3.42. The first kappa shape index (κ1) is 25.1. The lowest BCUT2D eigenvalue weighted by Gasteiger charge is -2.20. The maximum atomic E-state index is 14.3. The molecule has 2 aromatic heterocycles. The number of aryl methyl sites for hydroxylation is 2. The molecule has 1 aliphatic heterocycles. The first-order valence-electron chi connectivity index (χ1n) is 11.0. The van der Waals surface area contributed by atoms with E-state index in [1.165, 1.54) is 4.34 Å². The van der Waals surface area contributed by atoms with Crippen molar-refractivity contribution in [3.63, 3.8) is 0 Å². The summed E-state index contributed by atoms with van der Waals surface area (Å²) in [7, 11) is -0.0413. The van der Waals surface area contributed by atoms with Crippen LogP contribution >= 0.6 is 7.75 Å². The van der Waals surface area contributed by atoms with Crippen LogP contribution < -0.4 is 5.82 Å². The summed E-state index contributed by atoms with van der Waals surface area (Å²) in [4.78, 5) is 13.5. The molecular formula is C24H29N2O8P. The van der Waals surface area contributed by atoms with Crippen LogP contribution in [0.5, 0.6) is 0 Å². The first-order chi connectivity index (χ1) is 16.6. The second-order valence-electron chi connectivity index (χ2n) is 8.58. The van der Waals surface area contributed by atoms with Gasteiger partial charge in [0.1, 0.15) is 24.7 Å². The molecule has 10 nitrogen and oxygen atoms in total. The fraction of sp³-hybridized carbons (Fsp3) is 0.375. The Morgan fingerprint density at radius 3 is 2.46 bits per heavy atom. The van der Waals surface area contributed by atoms with Crippen molar-refractivity contribution >= 4 is 18.6 Å². The SMILES string of the molecule is C=C1OC(C)=C(COP(=O)(OCc2oc(=O)oc2C)n2cc(CCN(C)C)c3cc(C)ccc32)O1. The number of hydrogen-bond acceptors (Lipinski definition) is 9. The van der Waals surface area contributed by atoms with E-state index in [-0.39, 0.29) is 30.7 Å². The smallest absolute Gasteiger partial charge is 0.428 e. The quantitative estimate of drug-likeness (QED) is 0.358. The summed E-state index contributed by atoms with van der Waals surface area (Å²) in [5.74, 6) is 0.413. The Labute approximate surface area is 202 Å². The molecule has 188 valence electrons. The van der Waals surface area contributed by atoms with Crippen LogP contribution in [-0.4, -0.2) is 36.5 Å². The highest BCUT2D eigenvalue weighted by Gasteiger charge is 2.33. The summed E-state index contributed by atoms with van der Waals surface area (Å²) >= 11 is 0. The van der Waals surface area contributed by atoms with Gasteiger partial charge in [-0.1, -0.05) is 11.6 Å². The van der Waals surface area contributed by atoms with Gasteiger partial charge >= 0.3 is 13.6 Å². The average molecular weight is 504 g/mol. The standard InChI is InChI=1S/C24H29N2O8P/c1-15-7-8-21-20(11-15)19(9-10-25(5)6)12-26(21)35(28,29-13-22-16(2)31-18(4)33-22)30-14-23-17(3)32-24(27)34-23/h7-8,11-12H,4,9-10,13-14H2,1-3,5-6H3. The number of fused-ring (bicyclic) bond motifs is 1.